The van der Waals surface area contributed by atoms with Crippen LogP contribution in [0, 0.1) is 5.92 Å². The van der Waals surface area contributed by atoms with Gasteiger partial charge < -0.3 is 9.47 Å². The molecule has 0 N–H and O–H groups in total. The number of rotatable bonds is 3. The lowest BCUT2D eigenvalue weighted by Crippen LogP contribution is -2.56. The highest BCUT2D eigenvalue weighted by atomic mass is 16.5. The zero-order valence-corrected chi connectivity index (χ0v) is 10.2. The molecule has 2 rings (SSSR count). The molecule has 3 nitrogen and oxygen atoms in total. The fourth-order valence-corrected chi connectivity index (χ4v) is 2.72. The first-order valence-corrected chi connectivity index (χ1v) is 6.05. The molecule has 0 aromatic rings. The molecule has 0 aromatic carbocycles. The van der Waals surface area contributed by atoms with E-state index in [1.54, 1.807) is 0 Å². The minimum atomic E-state index is 0.126. The van der Waals surface area contributed by atoms with Crippen molar-refractivity contribution in [3.63, 3.8) is 0 Å². The van der Waals surface area contributed by atoms with Crippen LogP contribution >= 0.6 is 0 Å². The zero-order valence-electron chi connectivity index (χ0n) is 10.2. The van der Waals surface area contributed by atoms with Crippen molar-refractivity contribution in [2.45, 2.75) is 38.3 Å². The largest absolute Gasteiger partial charge is 0.378 e. The van der Waals surface area contributed by atoms with E-state index in [1.165, 1.54) is 13.1 Å². The number of hydrogen-bond donors (Lipinski definition) is 0. The molecule has 0 radical (unpaired) electrons. The van der Waals surface area contributed by atoms with Crippen LogP contribution < -0.4 is 0 Å². The van der Waals surface area contributed by atoms with E-state index in [1.807, 2.05) is 7.11 Å². The van der Waals surface area contributed by atoms with Crippen LogP contribution in [0.2, 0.25) is 0 Å². The SMILES string of the molecule is COC1(C(C)C)CCN(C2COC2)CC1. The molecule has 2 fully saturated rings. The van der Waals surface area contributed by atoms with E-state index in [2.05, 4.69) is 18.7 Å². The summed E-state index contributed by atoms with van der Waals surface area (Å²) in [6.07, 6.45) is 2.33. The highest BCUT2D eigenvalue weighted by molar-refractivity contribution is 4.92. The highest BCUT2D eigenvalue weighted by Crippen LogP contribution is 2.34. The van der Waals surface area contributed by atoms with Crippen molar-refractivity contribution in [3.8, 4) is 0 Å². The molecule has 2 heterocycles. The quantitative estimate of drug-likeness (QED) is 0.709. The van der Waals surface area contributed by atoms with E-state index in [0.717, 1.165) is 26.1 Å². The summed E-state index contributed by atoms with van der Waals surface area (Å²) in [4.78, 5) is 2.56. The van der Waals surface area contributed by atoms with Crippen LogP contribution in [0.15, 0.2) is 0 Å². The number of hydrogen-bond acceptors (Lipinski definition) is 3. The molecule has 88 valence electrons. The minimum Gasteiger partial charge on any atom is -0.378 e. The van der Waals surface area contributed by atoms with Gasteiger partial charge in [0.1, 0.15) is 0 Å². The van der Waals surface area contributed by atoms with Crippen molar-refractivity contribution >= 4 is 0 Å². The Morgan fingerprint density at radius 2 is 1.87 bits per heavy atom. The maximum atomic E-state index is 5.76. The normalized spacial score (nSPS) is 28.0. The van der Waals surface area contributed by atoms with Crippen LogP contribution in [-0.4, -0.2) is 50.0 Å². The van der Waals surface area contributed by atoms with Crippen LogP contribution in [0.5, 0.6) is 0 Å². The maximum absolute atomic E-state index is 5.76. The van der Waals surface area contributed by atoms with E-state index in [-0.39, 0.29) is 5.60 Å². The van der Waals surface area contributed by atoms with Gasteiger partial charge in [0.25, 0.3) is 0 Å². The summed E-state index contributed by atoms with van der Waals surface area (Å²) in [7, 11) is 1.86. The smallest absolute Gasteiger partial charge is 0.0725 e. The Hall–Kier alpha value is -0.120. The van der Waals surface area contributed by atoms with E-state index in [4.69, 9.17) is 9.47 Å². The standard InChI is InChI=1S/C12H23NO2/c1-10(2)12(14-3)4-6-13(7-5-12)11-8-15-9-11/h10-11H,4-9H2,1-3H3. The van der Waals surface area contributed by atoms with Crippen molar-refractivity contribution in [1.29, 1.82) is 0 Å². The number of methoxy groups -OCH3 is 1. The molecule has 0 unspecified atom stereocenters. The lowest BCUT2D eigenvalue weighted by Gasteiger charge is -2.47. The van der Waals surface area contributed by atoms with E-state index in [9.17, 15) is 0 Å². The van der Waals surface area contributed by atoms with Crippen molar-refractivity contribution in [3.05, 3.63) is 0 Å². The van der Waals surface area contributed by atoms with E-state index >= 15 is 0 Å². The predicted octanol–water partition coefficient (Wildman–Crippen LogP) is 1.52. The van der Waals surface area contributed by atoms with Crippen molar-refractivity contribution < 1.29 is 9.47 Å². The first-order valence-electron chi connectivity index (χ1n) is 6.05. The number of nitrogens with zero attached hydrogens (tertiary/aromatic N) is 1. The molecule has 0 bridgehead atoms. The molecule has 0 aliphatic carbocycles. The van der Waals surface area contributed by atoms with Gasteiger partial charge in [0, 0.05) is 20.2 Å². The van der Waals surface area contributed by atoms with Gasteiger partial charge in [0.05, 0.1) is 24.9 Å². The zero-order chi connectivity index (χ0) is 10.9. The number of likely N-dealkylation sites (tertiary alicyclic amines) is 1. The summed E-state index contributed by atoms with van der Waals surface area (Å²) in [5, 5.41) is 0. The van der Waals surface area contributed by atoms with Gasteiger partial charge in [-0.3, -0.25) is 4.90 Å². The molecular formula is C12H23NO2. The summed E-state index contributed by atoms with van der Waals surface area (Å²) in [5.41, 5.74) is 0.126. The summed E-state index contributed by atoms with van der Waals surface area (Å²) < 4.78 is 11.0. The number of piperidine rings is 1. The second-order valence-corrected chi connectivity index (χ2v) is 5.15. The molecule has 0 amide bonds. The Morgan fingerprint density at radius 3 is 2.20 bits per heavy atom. The third-order valence-corrected chi connectivity index (χ3v) is 4.24. The lowest BCUT2D eigenvalue weighted by atomic mass is 9.81. The number of ether oxygens (including phenoxy) is 2. The molecule has 0 spiro atoms. The minimum absolute atomic E-state index is 0.126. The summed E-state index contributed by atoms with van der Waals surface area (Å²) in [5.74, 6) is 0.613. The van der Waals surface area contributed by atoms with Crippen LogP contribution in [0.1, 0.15) is 26.7 Å². The lowest BCUT2D eigenvalue weighted by molar-refractivity contribution is -0.125. The molecule has 0 aromatic heterocycles. The fraction of sp³-hybridized carbons (Fsp3) is 1.00. The van der Waals surface area contributed by atoms with Gasteiger partial charge in [0.15, 0.2) is 0 Å². The molecule has 0 saturated carbocycles. The van der Waals surface area contributed by atoms with Gasteiger partial charge in [0.2, 0.25) is 0 Å². The van der Waals surface area contributed by atoms with Gasteiger partial charge in [-0.2, -0.15) is 0 Å². The van der Waals surface area contributed by atoms with Gasteiger partial charge in [-0.15, -0.1) is 0 Å². The average molecular weight is 213 g/mol. The molecular weight excluding hydrogens is 190 g/mol. The molecule has 15 heavy (non-hydrogen) atoms. The van der Waals surface area contributed by atoms with Gasteiger partial charge in [-0.25, -0.2) is 0 Å². The molecule has 3 heteroatoms. The van der Waals surface area contributed by atoms with E-state index < -0.39 is 0 Å². The second-order valence-electron chi connectivity index (χ2n) is 5.15. The second kappa shape index (κ2) is 4.40. The summed E-state index contributed by atoms with van der Waals surface area (Å²) in [6.45, 7) is 8.74. The highest BCUT2D eigenvalue weighted by Gasteiger charge is 2.40. The van der Waals surface area contributed by atoms with Gasteiger partial charge >= 0.3 is 0 Å². The van der Waals surface area contributed by atoms with Crippen LogP contribution in [0.3, 0.4) is 0 Å². The molecule has 2 saturated heterocycles. The average Bonchev–Trinajstić information content (AvgIpc) is 2.16. The molecule has 0 atom stereocenters. The Labute approximate surface area is 92.7 Å². The third-order valence-electron chi connectivity index (χ3n) is 4.24. The fourth-order valence-electron chi connectivity index (χ4n) is 2.72. The Morgan fingerprint density at radius 1 is 1.27 bits per heavy atom. The van der Waals surface area contributed by atoms with Crippen LogP contribution in [0.25, 0.3) is 0 Å². The summed E-state index contributed by atoms with van der Waals surface area (Å²) in [6, 6.07) is 0.687. The van der Waals surface area contributed by atoms with Crippen molar-refractivity contribution in [2.75, 3.05) is 33.4 Å². The Bertz CT molecular complexity index is 206. The summed E-state index contributed by atoms with van der Waals surface area (Å²) >= 11 is 0. The van der Waals surface area contributed by atoms with Gasteiger partial charge in [-0.05, 0) is 18.8 Å². The maximum Gasteiger partial charge on any atom is 0.0725 e. The molecule has 2 aliphatic heterocycles. The van der Waals surface area contributed by atoms with E-state index in [0.29, 0.717) is 12.0 Å². The van der Waals surface area contributed by atoms with Crippen molar-refractivity contribution in [2.24, 2.45) is 5.92 Å². The monoisotopic (exact) mass is 213 g/mol. The van der Waals surface area contributed by atoms with Crippen molar-refractivity contribution in [1.82, 2.24) is 4.90 Å². The molecule has 2 aliphatic rings. The van der Waals surface area contributed by atoms with Crippen LogP contribution in [0.4, 0.5) is 0 Å². The first-order chi connectivity index (χ1) is 7.18. The van der Waals surface area contributed by atoms with Gasteiger partial charge in [-0.1, -0.05) is 13.8 Å². The topological polar surface area (TPSA) is 21.7 Å². The Balaban J connectivity index is 1.89. The Kier molecular flexibility index (Phi) is 3.33. The van der Waals surface area contributed by atoms with Crippen LogP contribution in [-0.2, 0) is 9.47 Å². The first kappa shape index (κ1) is 11.4. The third kappa shape index (κ3) is 2.05. The predicted molar refractivity (Wildman–Crippen MR) is 60.0 cm³/mol.